The van der Waals surface area contributed by atoms with Gasteiger partial charge in [-0.3, -0.25) is 9.69 Å². The molecule has 1 aromatic carbocycles. The summed E-state index contributed by atoms with van der Waals surface area (Å²) in [7, 11) is 0. The van der Waals surface area contributed by atoms with Crippen LogP contribution in [0.3, 0.4) is 0 Å². The molecule has 0 amide bonds. The summed E-state index contributed by atoms with van der Waals surface area (Å²) < 4.78 is 18.6. The molecule has 21 heavy (non-hydrogen) atoms. The van der Waals surface area contributed by atoms with Crippen molar-refractivity contribution in [3.8, 4) is 5.75 Å². The highest BCUT2D eigenvalue weighted by atomic mass is 19.1. The number of rotatable bonds is 3. The maximum absolute atomic E-state index is 13.4. The first-order valence-corrected chi connectivity index (χ1v) is 6.94. The Morgan fingerprint density at radius 2 is 2.24 bits per heavy atom. The third-order valence-corrected chi connectivity index (χ3v) is 3.82. The van der Waals surface area contributed by atoms with Crippen molar-refractivity contribution >= 4 is 0 Å². The monoisotopic (exact) mass is 289 g/mol. The summed E-state index contributed by atoms with van der Waals surface area (Å²) in [6, 6.07) is 8.04. The number of benzene rings is 1. The van der Waals surface area contributed by atoms with Crippen LogP contribution in [0.25, 0.3) is 0 Å². The van der Waals surface area contributed by atoms with E-state index in [0.717, 1.165) is 31.2 Å². The van der Waals surface area contributed by atoms with Crippen LogP contribution >= 0.6 is 0 Å². The molecule has 1 saturated heterocycles. The van der Waals surface area contributed by atoms with Crippen LogP contribution < -0.4 is 5.43 Å². The molecule has 4 nitrogen and oxygen atoms in total. The molecule has 0 aliphatic carbocycles. The molecular formula is C16H16FNO3. The van der Waals surface area contributed by atoms with Gasteiger partial charge in [-0.05, 0) is 37.1 Å². The number of aromatic hydroxyl groups is 1. The Morgan fingerprint density at radius 3 is 3.00 bits per heavy atom. The van der Waals surface area contributed by atoms with E-state index in [1.165, 1.54) is 12.1 Å². The summed E-state index contributed by atoms with van der Waals surface area (Å²) in [5.74, 6) is -0.126. The Hall–Kier alpha value is -2.14. The quantitative estimate of drug-likeness (QED) is 0.944. The largest absolute Gasteiger partial charge is 0.502 e. The fourth-order valence-electron chi connectivity index (χ4n) is 2.83. The second-order valence-electron chi connectivity index (χ2n) is 5.28. The van der Waals surface area contributed by atoms with Gasteiger partial charge in [0.05, 0.1) is 6.54 Å². The lowest BCUT2D eigenvalue weighted by Gasteiger charge is -2.24. The lowest BCUT2D eigenvalue weighted by Crippen LogP contribution is -2.23. The van der Waals surface area contributed by atoms with Gasteiger partial charge in [0.25, 0.3) is 0 Å². The van der Waals surface area contributed by atoms with Gasteiger partial charge < -0.3 is 9.52 Å². The maximum atomic E-state index is 13.4. The first-order valence-electron chi connectivity index (χ1n) is 6.94. The fourth-order valence-corrected chi connectivity index (χ4v) is 2.83. The second-order valence-corrected chi connectivity index (χ2v) is 5.28. The van der Waals surface area contributed by atoms with Crippen molar-refractivity contribution in [1.82, 2.24) is 4.90 Å². The normalized spacial score (nSPS) is 19.0. The molecule has 1 aromatic heterocycles. The van der Waals surface area contributed by atoms with E-state index in [9.17, 15) is 14.3 Å². The van der Waals surface area contributed by atoms with Crippen LogP contribution in [0.1, 0.15) is 30.2 Å². The smallest absolute Gasteiger partial charge is 0.226 e. The molecule has 3 rings (SSSR count). The Morgan fingerprint density at radius 1 is 1.38 bits per heavy atom. The zero-order valence-corrected chi connectivity index (χ0v) is 11.5. The number of nitrogens with zero attached hydrogens (tertiary/aromatic N) is 1. The first-order chi connectivity index (χ1) is 10.1. The Bertz CT molecular complexity index is 698. The van der Waals surface area contributed by atoms with Gasteiger partial charge in [-0.1, -0.05) is 12.1 Å². The SMILES string of the molecule is O=c1cc(CN2CCC[C@H]2c2cccc(F)c2)occ1O. The molecule has 0 saturated carbocycles. The van der Waals surface area contributed by atoms with Gasteiger partial charge in [-0.15, -0.1) is 0 Å². The molecule has 1 aliphatic heterocycles. The van der Waals surface area contributed by atoms with Gasteiger partial charge in [0.2, 0.25) is 5.43 Å². The molecule has 110 valence electrons. The number of hydrogen-bond donors (Lipinski definition) is 1. The molecular weight excluding hydrogens is 273 g/mol. The fraction of sp³-hybridized carbons (Fsp3) is 0.312. The van der Waals surface area contributed by atoms with E-state index >= 15 is 0 Å². The average molecular weight is 289 g/mol. The highest BCUT2D eigenvalue weighted by Crippen LogP contribution is 2.33. The van der Waals surface area contributed by atoms with Crippen molar-refractivity contribution in [3.63, 3.8) is 0 Å². The standard InChI is InChI=1S/C16H16FNO3/c17-12-4-1-3-11(7-12)14-5-2-6-18(14)9-13-8-15(19)16(20)10-21-13/h1,3-4,7-8,10,14,20H,2,5-6,9H2/t14-/m0/s1. The minimum absolute atomic E-state index is 0.125. The molecule has 2 aromatic rings. The van der Waals surface area contributed by atoms with Gasteiger partial charge in [0.1, 0.15) is 17.8 Å². The van der Waals surface area contributed by atoms with Crippen LogP contribution in [-0.4, -0.2) is 16.6 Å². The molecule has 5 heteroatoms. The molecule has 1 aliphatic rings. The molecule has 0 bridgehead atoms. The molecule has 1 N–H and O–H groups in total. The van der Waals surface area contributed by atoms with E-state index in [0.29, 0.717) is 12.3 Å². The second kappa shape index (κ2) is 5.69. The molecule has 0 radical (unpaired) electrons. The van der Waals surface area contributed by atoms with Gasteiger partial charge in [-0.25, -0.2) is 4.39 Å². The minimum Gasteiger partial charge on any atom is -0.502 e. The predicted octanol–water partition coefficient (Wildman–Crippen LogP) is 2.82. The molecule has 1 atom stereocenters. The van der Waals surface area contributed by atoms with E-state index in [2.05, 4.69) is 4.90 Å². The van der Waals surface area contributed by atoms with E-state index in [4.69, 9.17) is 4.42 Å². The van der Waals surface area contributed by atoms with Crippen LogP contribution in [-0.2, 0) is 6.54 Å². The van der Waals surface area contributed by atoms with Crippen LogP contribution in [0.4, 0.5) is 4.39 Å². The number of halogens is 1. The van der Waals surface area contributed by atoms with Gasteiger partial charge >= 0.3 is 0 Å². The van der Waals surface area contributed by atoms with Crippen molar-refractivity contribution in [2.45, 2.75) is 25.4 Å². The predicted molar refractivity (Wildman–Crippen MR) is 75.4 cm³/mol. The molecule has 0 unspecified atom stereocenters. The van der Waals surface area contributed by atoms with Crippen LogP contribution in [0, 0.1) is 5.82 Å². The van der Waals surface area contributed by atoms with Crippen molar-refractivity contribution in [2.24, 2.45) is 0 Å². The van der Waals surface area contributed by atoms with Crippen LogP contribution in [0.5, 0.6) is 5.75 Å². The van der Waals surface area contributed by atoms with Crippen molar-refractivity contribution in [3.05, 3.63) is 64.0 Å². The zero-order valence-electron chi connectivity index (χ0n) is 11.5. The van der Waals surface area contributed by atoms with Crippen LogP contribution in [0.15, 0.2) is 45.8 Å². The summed E-state index contributed by atoms with van der Waals surface area (Å²) in [5.41, 5.74) is 0.492. The van der Waals surface area contributed by atoms with E-state index in [1.54, 1.807) is 12.1 Å². The highest BCUT2D eigenvalue weighted by molar-refractivity contribution is 5.22. The highest BCUT2D eigenvalue weighted by Gasteiger charge is 2.26. The maximum Gasteiger partial charge on any atom is 0.226 e. The molecule has 2 heterocycles. The minimum atomic E-state index is -0.447. The van der Waals surface area contributed by atoms with Gasteiger partial charge in [0, 0.05) is 12.1 Å². The van der Waals surface area contributed by atoms with Gasteiger partial charge in [0.15, 0.2) is 5.75 Å². The van der Waals surface area contributed by atoms with E-state index in [-0.39, 0.29) is 17.6 Å². The number of hydrogen-bond acceptors (Lipinski definition) is 4. The summed E-state index contributed by atoms with van der Waals surface area (Å²) in [6.45, 7) is 1.34. The Kier molecular flexibility index (Phi) is 3.75. The van der Waals surface area contributed by atoms with Gasteiger partial charge in [-0.2, -0.15) is 0 Å². The van der Waals surface area contributed by atoms with E-state index < -0.39 is 5.43 Å². The lowest BCUT2D eigenvalue weighted by molar-refractivity contribution is 0.224. The first kappa shape index (κ1) is 13.8. The summed E-state index contributed by atoms with van der Waals surface area (Å²) in [6.07, 6.45) is 3.03. The molecule has 0 spiro atoms. The summed E-state index contributed by atoms with van der Waals surface area (Å²) >= 11 is 0. The lowest BCUT2D eigenvalue weighted by atomic mass is 10.0. The third kappa shape index (κ3) is 2.97. The number of likely N-dealkylation sites (tertiary alicyclic amines) is 1. The Balaban J connectivity index is 1.81. The van der Waals surface area contributed by atoms with Crippen molar-refractivity contribution in [1.29, 1.82) is 0 Å². The van der Waals surface area contributed by atoms with Crippen molar-refractivity contribution in [2.75, 3.05) is 6.54 Å². The Labute approximate surface area is 121 Å². The average Bonchev–Trinajstić information content (AvgIpc) is 2.91. The summed E-state index contributed by atoms with van der Waals surface area (Å²) in [4.78, 5) is 13.6. The van der Waals surface area contributed by atoms with E-state index in [1.807, 2.05) is 6.07 Å². The van der Waals surface area contributed by atoms with Crippen LogP contribution in [0.2, 0.25) is 0 Å². The topological polar surface area (TPSA) is 53.7 Å². The summed E-state index contributed by atoms with van der Waals surface area (Å²) in [5, 5.41) is 9.20. The zero-order chi connectivity index (χ0) is 14.8. The van der Waals surface area contributed by atoms with Crippen molar-refractivity contribution < 1.29 is 13.9 Å². The third-order valence-electron chi connectivity index (χ3n) is 3.82. The molecule has 1 fully saturated rings.